The van der Waals surface area contributed by atoms with E-state index in [0.29, 0.717) is 53.2 Å². The van der Waals surface area contributed by atoms with Crippen LogP contribution in [0.15, 0.2) is 54.6 Å². The third-order valence-corrected chi connectivity index (χ3v) is 12.1. The van der Waals surface area contributed by atoms with Gasteiger partial charge in [0.05, 0.1) is 30.7 Å². The number of hydrogen-bond donors (Lipinski definition) is 9. The smallest absolute Gasteiger partial charge is 0.307 e. The highest BCUT2D eigenvalue weighted by Crippen LogP contribution is 2.30. The zero-order chi connectivity index (χ0) is 42.1. The van der Waals surface area contributed by atoms with E-state index in [2.05, 4.69) is 16.0 Å². The molecule has 3 aliphatic heterocycles. The highest BCUT2D eigenvalue weighted by Gasteiger charge is 2.33. The molecule has 3 aromatic carbocycles. The van der Waals surface area contributed by atoms with Crippen LogP contribution >= 0.6 is 0 Å². The number of benzene rings is 3. The van der Waals surface area contributed by atoms with Gasteiger partial charge in [0.15, 0.2) is 0 Å². The molecule has 6 rings (SSSR count). The van der Waals surface area contributed by atoms with E-state index in [1.54, 1.807) is 18.2 Å². The number of amides is 1. The molecule has 3 aromatic rings. The van der Waals surface area contributed by atoms with Gasteiger partial charge in [-0.3, -0.25) is 19.2 Å². The molecule has 0 saturated carbocycles. The second-order valence-electron chi connectivity index (χ2n) is 16.4. The van der Waals surface area contributed by atoms with Gasteiger partial charge in [-0.05, 0) is 160 Å². The van der Waals surface area contributed by atoms with E-state index in [-0.39, 0.29) is 86.3 Å². The summed E-state index contributed by atoms with van der Waals surface area (Å²) in [5.74, 6) is -5.19. The summed E-state index contributed by atoms with van der Waals surface area (Å²) in [7, 11) is 0. The molecule has 9 N–H and O–H groups in total. The predicted octanol–water partition coefficient (Wildman–Crippen LogP) is 3.01. The molecular formula is C44H56N4O11. The van der Waals surface area contributed by atoms with Gasteiger partial charge in [0, 0.05) is 12.6 Å². The fourth-order valence-electron chi connectivity index (χ4n) is 9.02. The number of nitrogens with zero attached hydrogens (tertiary/aromatic N) is 1. The number of nitrogens with one attached hydrogen (secondary N) is 3. The van der Waals surface area contributed by atoms with Gasteiger partial charge >= 0.3 is 17.9 Å². The average molecular weight is 817 g/mol. The van der Waals surface area contributed by atoms with Crippen LogP contribution < -0.4 is 20.7 Å². The van der Waals surface area contributed by atoms with Crippen molar-refractivity contribution in [1.82, 2.24) is 20.9 Å². The van der Waals surface area contributed by atoms with Crippen molar-refractivity contribution in [3.05, 3.63) is 82.4 Å². The Morgan fingerprint density at radius 2 is 0.983 bits per heavy atom. The number of aliphatic carboxylic acids is 3. The largest absolute Gasteiger partial charge is 0.508 e. The number of hydrogen-bond acceptors (Lipinski definition) is 11. The van der Waals surface area contributed by atoms with Crippen molar-refractivity contribution in [2.75, 3.05) is 52.4 Å². The molecule has 3 saturated heterocycles. The fourth-order valence-corrected chi connectivity index (χ4v) is 9.02. The Morgan fingerprint density at radius 1 is 0.576 bits per heavy atom. The van der Waals surface area contributed by atoms with Crippen LogP contribution in [0.4, 0.5) is 0 Å². The summed E-state index contributed by atoms with van der Waals surface area (Å²) >= 11 is 0. The summed E-state index contributed by atoms with van der Waals surface area (Å²) < 4.78 is 6.07. The van der Waals surface area contributed by atoms with Gasteiger partial charge in [-0.15, -0.1) is 0 Å². The minimum absolute atomic E-state index is 0.0218. The molecule has 0 spiro atoms. The zero-order valence-electron chi connectivity index (χ0n) is 33.1. The quantitative estimate of drug-likeness (QED) is 0.0798. The van der Waals surface area contributed by atoms with E-state index < -0.39 is 35.7 Å². The van der Waals surface area contributed by atoms with E-state index in [4.69, 9.17) is 4.74 Å². The molecule has 318 valence electrons. The maximum atomic E-state index is 14.2. The lowest BCUT2D eigenvalue weighted by atomic mass is 9.85. The number of aromatic hydroxyl groups is 3. The Labute approximate surface area is 343 Å². The number of carbonyl (C=O) groups excluding carboxylic acids is 1. The third kappa shape index (κ3) is 12.1. The summed E-state index contributed by atoms with van der Waals surface area (Å²) in [5, 5.41) is 71.6. The SMILES string of the molecule is O=C(O)[C@@H](Cc1cc(O)cc(CC(=O)N(CCOc2cc(O)cc(C[C@H](C(=O)O)[C@H]3CCNC3)c2)Cc2cc(O)cc(C[C@H](C(=O)O)[C@H]3CCNC3)c2)c1)[C@H]1CCNC1. The fraction of sp³-hybridized carbons (Fsp3) is 0.500. The van der Waals surface area contributed by atoms with Crippen molar-refractivity contribution in [3.8, 4) is 23.0 Å². The molecule has 15 nitrogen and oxygen atoms in total. The minimum atomic E-state index is -0.919. The molecule has 1 amide bonds. The molecule has 3 heterocycles. The maximum absolute atomic E-state index is 14.2. The van der Waals surface area contributed by atoms with Crippen molar-refractivity contribution in [1.29, 1.82) is 0 Å². The van der Waals surface area contributed by atoms with E-state index in [1.165, 1.54) is 41.3 Å². The zero-order valence-corrected chi connectivity index (χ0v) is 33.1. The molecular weight excluding hydrogens is 761 g/mol. The third-order valence-electron chi connectivity index (χ3n) is 12.1. The van der Waals surface area contributed by atoms with Gasteiger partial charge in [0.25, 0.3) is 0 Å². The summed E-state index contributed by atoms with van der Waals surface area (Å²) in [6, 6.07) is 14.2. The first-order valence-corrected chi connectivity index (χ1v) is 20.5. The Hall–Kier alpha value is -5.38. The van der Waals surface area contributed by atoms with Crippen molar-refractivity contribution in [3.63, 3.8) is 0 Å². The Balaban J connectivity index is 1.21. The summed E-state index contributed by atoms with van der Waals surface area (Å²) in [5.41, 5.74) is 2.86. The van der Waals surface area contributed by atoms with Gasteiger partial charge in [-0.1, -0.05) is 12.1 Å². The summed E-state index contributed by atoms with van der Waals surface area (Å²) in [6.45, 7) is 4.06. The van der Waals surface area contributed by atoms with Gasteiger partial charge in [-0.25, -0.2) is 0 Å². The minimum Gasteiger partial charge on any atom is -0.508 e. The first-order valence-electron chi connectivity index (χ1n) is 20.5. The van der Waals surface area contributed by atoms with Gasteiger partial charge in [0.2, 0.25) is 5.91 Å². The maximum Gasteiger partial charge on any atom is 0.307 e. The molecule has 59 heavy (non-hydrogen) atoms. The number of carboxylic acid groups (broad SMARTS) is 3. The topological polar surface area (TPSA) is 238 Å². The van der Waals surface area contributed by atoms with Crippen LogP contribution in [0.5, 0.6) is 23.0 Å². The van der Waals surface area contributed by atoms with Crippen LogP contribution in [-0.4, -0.2) is 112 Å². The van der Waals surface area contributed by atoms with Crippen LogP contribution in [0.25, 0.3) is 0 Å². The van der Waals surface area contributed by atoms with E-state index in [0.717, 1.165) is 38.9 Å². The number of rotatable bonds is 20. The highest BCUT2D eigenvalue weighted by atomic mass is 16.5. The summed E-state index contributed by atoms with van der Waals surface area (Å²) in [4.78, 5) is 52.4. The first-order chi connectivity index (χ1) is 28.3. The van der Waals surface area contributed by atoms with Crippen molar-refractivity contribution >= 4 is 23.8 Å². The van der Waals surface area contributed by atoms with Crippen LogP contribution in [0.2, 0.25) is 0 Å². The van der Waals surface area contributed by atoms with Crippen molar-refractivity contribution < 1.29 is 54.6 Å². The second kappa shape index (κ2) is 20.1. The second-order valence-corrected chi connectivity index (χ2v) is 16.4. The lowest BCUT2D eigenvalue weighted by Crippen LogP contribution is -2.35. The van der Waals surface area contributed by atoms with E-state index in [1.807, 2.05) is 0 Å². The first kappa shape index (κ1) is 43.2. The Morgan fingerprint density at radius 3 is 1.42 bits per heavy atom. The van der Waals surface area contributed by atoms with Crippen molar-refractivity contribution in [2.24, 2.45) is 35.5 Å². The average Bonchev–Trinajstić information content (AvgIpc) is 3.99. The number of carboxylic acids is 3. The molecule has 0 aromatic heterocycles. The van der Waals surface area contributed by atoms with Crippen LogP contribution in [0, 0.1) is 35.5 Å². The van der Waals surface area contributed by atoms with Crippen LogP contribution in [0.3, 0.4) is 0 Å². The van der Waals surface area contributed by atoms with Gasteiger partial charge in [-0.2, -0.15) is 0 Å². The normalized spacial score (nSPS) is 20.5. The standard InChI is InChI=1S/C44H56N4O11/c49-34-11-26(17-38(42(53)54)31-1-4-45-22-31)9-28(13-34)20-41(52)48(25-30-10-27(12-35(50)15-30)18-39(43(55)56)32-2-5-46-23-32)7-8-59-37-16-29(14-36(51)21-37)19-40(44(57)58)33-3-6-47-24-33/h9-16,21,31-33,38-40,45-47,49-51H,1-8,17-20,22-25H2,(H,53,54)(H,55,56)(H,57,58)/t31-,32-,33-,38-,39-,40-/m0/s1. The van der Waals surface area contributed by atoms with E-state index in [9.17, 15) is 49.8 Å². The lowest BCUT2D eigenvalue weighted by Gasteiger charge is -2.25. The molecule has 3 aliphatic rings. The summed E-state index contributed by atoms with van der Waals surface area (Å²) in [6.07, 6.45) is 2.64. The Bertz CT molecular complexity index is 1960. The molecule has 0 bridgehead atoms. The molecule has 15 heteroatoms. The number of ether oxygens (including phenoxy) is 1. The van der Waals surface area contributed by atoms with Crippen LogP contribution in [0.1, 0.15) is 47.1 Å². The molecule has 0 radical (unpaired) electrons. The van der Waals surface area contributed by atoms with Crippen molar-refractivity contribution in [2.45, 2.75) is 51.5 Å². The molecule has 3 fully saturated rings. The number of phenolic OH excluding ortho intramolecular Hbond substituents is 3. The highest BCUT2D eigenvalue weighted by molar-refractivity contribution is 5.79. The number of phenols is 3. The van der Waals surface area contributed by atoms with Crippen LogP contribution in [-0.2, 0) is 51.4 Å². The number of carbonyl (C=O) groups is 4. The molecule has 0 aliphatic carbocycles. The molecule has 0 unspecified atom stereocenters. The molecule has 6 atom stereocenters. The predicted molar refractivity (Wildman–Crippen MR) is 216 cm³/mol. The van der Waals surface area contributed by atoms with E-state index >= 15 is 0 Å². The van der Waals surface area contributed by atoms with Gasteiger partial charge < -0.3 is 56.2 Å². The monoisotopic (exact) mass is 816 g/mol. The lowest BCUT2D eigenvalue weighted by molar-refractivity contribution is -0.144. The Kier molecular flexibility index (Phi) is 14.7. The van der Waals surface area contributed by atoms with Gasteiger partial charge in [0.1, 0.15) is 29.6 Å².